The van der Waals surface area contributed by atoms with Gasteiger partial charge in [-0.3, -0.25) is 0 Å². The summed E-state index contributed by atoms with van der Waals surface area (Å²) in [5, 5.41) is 3.24. The van der Waals surface area contributed by atoms with Crippen molar-refractivity contribution in [2.75, 3.05) is 18.8 Å². The van der Waals surface area contributed by atoms with Crippen molar-refractivity contribution in [3.63, 3.8) is 0 Å². The maximum atomic E-state index is 12.2. The van der Waals surface area contributed by atoms with E-state index in [1.54, 1.807) is 4.31 Å². The highest BCUT2D eigenvalue weighted by Crippen LogP contribution is 2.14. The largest absolute Gasteiger partial charge is 0.313 e. The zero-order valence-electron chi connectivity index (χ0n) is 10.6. The quantitative estimate of drug-likeness (QED) is 0.768. The van der Waals surface area contributed by atoms with E-state index in [0.717, 1.165) is 25.8 Å². The summed E-state index contributed by atoms with van der Waals surface area (Å²) < 4.78 is 26.0. The molecule has 0 radical (unpaired) electrons. The molecule has 0 bridgehead atoms. The molecule has 1 atom stereocenters. The third-order valence-electron chi connectivity index (χ3n) is 2.95. The van der Waals surface area contributed by atoms with Crippen LogP contribution in [0.1, 0.15) is 40.0 Å². The fourth-order valence-electron chi connectivity index (χ4n) is 2.19. The van der Waals surface area contributed by atoms with E-state index in [0.29, 0.717) is 6.54 Å². The molecular weight excluding hydrogens is 224 g/mol. The molecule has 0 aromatic heterocycles. The molecule has 1 heterocycles. The second-order valence-corrected chi connectivity index (χ2v) is 6.74. The molecule has 1 rings (SSSR count). The fraction of sp³-hybridized carbons (Fsp3) is 1.00. The van der Waals surface area contributed by atoms with Crippen molar-refractivity contribution >= 4 is 10.0 Å². The van der Waals surface area contributed by atoms with Crippen molar-refractivity contribution in [3.8, 4) is 0 Å². The average molecular weight is 248 g/mol. The highest BCUT2D eigenvalue weighted by atomic mass is 32.2. The minimum Gasteiger partial charge on any atom is -0.313 e. The lowest BCUT2D eigenvalue weighted by atomic mass is 10.3. The number of sulfonamides is 1. The zero-order chi connectivity index (χ0) is 12.2. The average Bonchev–Trinajstić information content (AvgIpc) is 2.65. The van der Waals surface area contributed by atoms with Gasteiger partial charge < -0.3 is 5.32 Å². The Morgan fingerprint density at radius 3 is 2.56 bits per heavy atom. The van der Waals surface area contributed by atoms with E-state index in [9.17, 15) is 8.42 Å². The van der Waals surface area contributed by atoms with E-state index >= 15 is 0 Å². The molecule has 96 valence electrons. The van der Waals surface area contributed by atoms with Gasteiger partial charge in [0.1, 0.15) is 0 Å². The summed E-state index contributed by atoms with van der Waals surface area (Å²) in [7, 11) is -3.10. The highest BCUT2D eigenvalue weighted by molar-refractivity contribution is 7.89. The SMILES string of the molecule is CCCN(C(C)C)S(=O)(=O)CC1CCCN1. The molecule has 0 amide bonds. The van der Waals surface area contributed by atoms with Gasteiger partial charge in [-0.1, -0.05) is 6.92 Å². The van der Waals surface area contributed by atoms with Crippen LogP contribution in [0.5, 0.6) is 0 Å². The van der Waals surface area contributed by atoms with E-state index in [1.165, 1.54) is 0 Å². The van der Waals surface area contributed by atoms with Crippen LogP contribution < -0.4 is 5.32 Å². The van der Waals surface area contributed by atoms with E-state index in [-0.39, 0.29) is 17.8 Å². The van der Waals surface area contributed by atoms with Crippen LogP contribution in [0.2, 0.25) is 0 Å². The van der Waals surface area contributed by atoms with Gasteiger partial charge in [0, 0.05) is 18.6 Å². The molecule has 0 saturated carbocycles. The van der Waals surface area contributed by atoms with Crippen LogP contribution in [0.15, 0.2) is 0 Å². The molecule has 4 nitrogen and oxygen atoms in total. The van der Waals surface area contributed by atoms with E-state index < -0.39 is 10.0 Å². The summed E-state index contributed by atoms with van der Waals surface area (Å²) in [6, 6.07) is 0.217. The second kappa shape index (κ2) is 5.98. The number of hydrogen-bond acceptors (Lipinski definition) is 3. The predicted molar refractivity (Wildman–Crippen MR) is 66.9 cm³/mol. The Hall–Kier alpha value is -0.130. The van der Waals surface area contributed by atoms with Gasteiger partial charge >= 0.3 is 0 Å². The van der Waals surface area contributed by atoms with Gasteiger partial charge in [-0.05, 0) is 39.7 Å². The van der Waals surface area contributed by atoms with Gasteiger partial charge in [0.25, 0.3) is 0 Å². The standard InChI is InChI=1S/C11H24N2O2S/c1-4-8-13(10(2)3)16(14,15)9-11-6-5-7-12-11/h10-12H,4-9H2,1-3H3. The summed E-state index contributed by atoms with van der Waals surface area (Å²) in [5.74, 6) is 0.255. The first kappa shape index (κ1) is 13.9. The highest BCUT2D eigenvalue weighted by Gasteiger charge is 2.28. The third kappa shape index (κ3) is 3.71. The van der Waals surface area contributed by atoms with E-state index in [1.807, 2.05) is 20.8 Å². The Morgan fingerprint density at radius 2 is 2.12 bits per heavy atom. The number of nitrogens with one attached hydrogen (secondary N) is 1. The molecule has 1 aliphatic heterocycles. The number of nitrogens with zero attached hydrogens (tertiary/aromatic N) is 1. The summed E-state index contributed by atoms with van der Waals surface area (Å²) >= 11 is 0. The maximum Gasteiger partial charge on any atom is 0.215 e. The van der Waals surface area contributed by atoms with Crippen LogP contribution in [-0.2, 0) is 10.0 Å². The molecular formula is C11H24N2O2S. The molecule has 5 heteroatoms. The fourth-order valence-corrected chi connectivity index (χ4v) is 4.28. The van der Waals surface area contributed by atoms with E-state index in [4.69, 9.17) is 0 Å². The van der Waals surface area contributed by atoms with Crippen molar-refractivity contribution < 1.29 is 8.42 Å². The van der Waals surface area contributed by atoms with Crippen LogP contribution >= 0.6 is 0 Å². The molecule has 1 aliphatic rings. The van der Waals surface area contributed by atoms with Crippen molar-refractivity contribution in [1.82, 2.24) is 9.62 Å². The van der Waals surface area contributed by atoms with Gasteiger partial charge in [-0.15, -0.1) is 0 Å². The molecule has 1 N–H and O–H groups in total. The first-order valence-electron chi connectivity index (χ1n) is 6.20. The first-order valence-corrected chi connectivity index (χ1v) is 7.81. The lowest BCUT2D eigenvalue weighted by Crippen LogP contribution is -2.43. The summed E-state index contributed by atoms with van der Waals surface area (Å²) in [6.07, 6.45) is 2.95. The second-order valence-electron chi connectivity index (χ2n) is 4.78. The van der Waals surface area contributed by atoms with Gasteiger partial charge in [0.05, 0.1) is 5.75 Å². The van der Waals surface area contributed by atoms with Crippen molar-refractivity contribution in [1.29, 1.82) is 0 Å². The van der Waals surface area contributed by atoms with Crippen LogP contribution in [0.25, 0.3) is 0 Å². The van der Waals surface area contributed by atoms with Crippen molar-refractivity contribution in [2.24, 2.45) is 0 Å². The monoisotopic (exact) mass is 248 g/mol. The molecule has 1 unspecified atom stereocenters. The molecule has 0 aromatic rings. The van der Waals surface area contributed by atoms with E-state index in [2.05, 4.69) is 5.32 Å². The zero-order valence-corrected chi connectivity index (χ0v) is 11.4. The smallest absolute Gasteiger partial charge is 0.215 e. The molecule has 0 aliphatic carbocycles. The lowest BCUT2D eigenvalue weighted by molar-refractivity contribution is 0.352. The first-order chi connectivity index (χ1) is 7.47. The normalized spacial score (nSPS) is 22.2. The Balaban J connectivity index is 2.64. The van der Waals surface area contributed by atoms with Gasteiger partial charge in [0.15, 0.2) is 0 Å². The Labute approximate surface area is 99.5 Å². The molecule has 16 heavy (non-hydrogen) atoms. The molecule has 1 fully saturated rings. The van der Waals surface area contributed by atoms with Gasteiger partial charge in [-0.2, -0.15) is 4.31 Å². The third-order valence-corrected chi connectivity index (χ3v) is 5.09. The lowest BCUT2D eigenvalue weighted by Gasteiger charge is -2.26. The number of rotatable bonds is 6. The van der Waals surface area contributed by atoms with Crippen molar-refractivity contribution in [2.45, 2.75) is 52.1 Å². The van der Waals surface area contributed by atoms with Crippen molar-refractivity contribution in [3.05, 3.63) is 0 Å². The van der Waals surface area contributed by atoms with Crippen LogP contribution in [0.4, 0.5) is 0 Å². The Morgan fingerprint density at radius 1 is 1.44 bits per heavy atom. The number of hydrogen-bond donors (Lipinski definition) is 1. The van der Waals surface area contributed by atoms with Gasteiger partial charge in [-0.25, -0.2) is 8.42 Å². The van der Waals surface area contributed by atoms with Gasteiger partial charge in [0.2, 0.25) is 10.0 Å². The molecule has 1 saturated heterocycles. The topological polar surface area (TPSA) is 49.4 Å². The molecule has 0 spiro atoms. The Kier molecular flexibility index (Phi) is 5.21. The summed E-state index contributed by atoms with van der Waals surface area (Å²) in [4.78, 5) is 0. The summed E-state index contributed by atoms with van der Waals surface area (Å²) in [6.45, 7) is 7.48. The minimum atomic E-state index is -3.10. The van der Waals surface area contributed by atoms with Crippen LogP contribution in [0.3, 0.4) is 0 Å². The Bertz CT molecular complexity index is 295. The minimum absolute atomic E-state index is 0.0614. The maximum absolute atomic E-state index is 12.2. The molecule has 0 aromatic carbocycles. The predicted octanol–water partition coefficient (Wildman–Crippen LogP) is 1.19. The van der Waals surface area contributed by atoms with Crippen LogP contribution in [0, 0.1) is 0 Å². The van der Waals surface area contributed by atoms with Crippen LogP contribution in [-0.4, -0.2) is 43.6 Å². The summed E-state index contributed by atoms with van der Waals surface area (Å²) in [5.41, 5.74) is 0.